The van der Waals surface area contributed by atoms with Crippen LogP contribution in [0.25, 0.3) is 11.4 Å². The van der Waals surface area contributed by atoms with Gasteiger partial charge in [-0.25, -0.2) is 14.8 Å². The number of ether oxygens (including phenoxy) is 3. The van der Waals surface area contributed by atoms with Gasteiger partial charge in [-0.3, -0.25) is 10.2 Å². The lowest BCUT2D eigenvalue weighted by atomic mass is 10.1. The number of nitrogens with one attached hydrogen (secondary N) is 1. The zero-order valence-corrected chi connectivity index (χ0v) is 21.8. The molecule has 0 saturated carbocycles. The van der Waals surface area contributed by atoms with Gasteiger partial charge in [0.15, 0.2) is 17.4 Å². The Morgan fingerprint density at radius 3 is 2.80 bits per heavy atom. The summed E-state index contributed by atoms with van der Waals surface area (Å²) in [5, 5.41) is 2.82. The maximum atomic E-state index is 13.6. The van der Waals surface area contributed by atoms with Crippen LogP contribution in [-0.2, 0) is 15.7 Å². The van der Waals surface area contributed by atoms with E-state index in [-0.39, 0.29) is 36.0 Å². The Balaban J connectivity index is 1.22. The van der Waals surface area contributed by atoms with E-state index in [0.29, 0.717) is 43.5 Å². The Morgan fingerprint density at radius 2 is 2.02 bits per heavy atom. The number of urea groups is 1. The molecule has 3 aliphatic rings. The first-order valence-corrected chi connectivity index (χ1v) is 12.9. The van der Waals surface area contributed by atoms with Gasteiger partial charge in [-0.2, -0.15) is 18.2 Å². The molecule has 1 N–H and O–H groups in total. The van der Waals surface area contributed by atoms with Gasteiger partial charge in [0.1, 0.15) is 18.5 Å². The summed E-state index contributed by atoms with van der Waals surface area (Å²) in [4.78, 5) is 30.5. The molecular formula is C27H27F3N6O4. The molecule has 2 amide bonds. The van der Waals surface area contributed by atoms with E-state index in [4.69, 9.17) is 14.2 Å². The number of nitrogens with zero attached hydrogens (tertiary/aromatic N) is 5. The molecule has 0 spiro atoms. The van der Waals surface area contributed by atoms with Crippen molar-refractivity contribution >= 4 is 23.4 Å². The molecule has 0 aliphatic carbocycles. The number of fused-ring (bicyclic) bond motifs is 4. The lowest BCUT2D eigenvalue weighted by molar-refractivity contribution is -0.141. The van der Waals surface area contributed by atoms with Crippen LogP contribution in [-0.4, -0.2) is 65.2 Å². The maximum absolute atomic E-state index is 13.6. The first-order chi connectivity index (χ1) is 19.1. The summed E-state index contributed by atoms with van der Waals surface area (Å²) < 4.78 is 56.9. The number of amides is 2. The van der Waals surface area contributed by atoms with Crippen molar-refractivity contribution in [1.82, 2.24) is 15.0 Å². The fourth-order valence-electron chi connectivity index (χ4n) is 5.10. The number of pyridine rings is 1. The number of halogens is 3. The van der Waals surface area contributed by atoms with Crippen molar-refractivity contribution in [1.29, 1.82) is 0 Å². The molecule has 3 aliphatic heterocycles. The summed E-state index contributed by atoms with van der Waals surface area (Å²) in [7, 11) is 0. The molecule has 6 rings (SSSR count). The van der Waals surface area contributed by atoms with Crippen molar-refractivity contribution in [3.63, 3.8) is 0 Å². The van der Waals surface area contributed by atoms with Crippen molar-refractivity contribution in [3.05, 3.63) is 54.2 Å². The molecule has 2 fully saturated rings. The van der Waals surface area contributed by atoms with Gasteiger partial charge in [-0.05, 0) is 38.5 Å². The highest BCUT2D eigenvalue weighted by Gasteiger charge is 2.41. The van der Waals surface area contributed by atoms with Gasteiger partial charge >= 0.3 is 12.2 Å². The predicted molar refractivity (Wildman–Crippen MR) is 139 cm³/mol. The number of carbonyl (C=O) groups is 1. The maximum Gasteiger partial charge on any atom is 0.416 e. The molecule has 0 radical (unpaired) electrons. The van der Waals surface area contributed by atoms with E-state index in [2.05, 4.69) is 25.2 Å². The predicted octanol–water partition coefficient (Wildman–Crippen LogP) is 4.72. The first kappa shape index (κ1) is 26.3. The number of aromatic nitrogens is 3. The van der Waals surface area contributed by atoms with Crippen LogP contribution in [0.5, 0.6) is 5.88 Å². The highest BCUT2D eigenvalue weighted by molar-refractivity contribution is 6.04. The van der Waals surface area contributed by atoms with Crippen LogP contribution in [0.4, 0.5) is 35.3 Å². The summed E-state index contributed by atoms with van der Waals surface area (Å²) in [5.41, 5.74) is 0.0532. The number of hydrogen-bond acceptors (Lipinski definition) is 8. The molecule has 2 bridgehead atoms. The summed E-state index contributed by atoms with van der Waals surface area (Å²) >= 11 is 0. The van der Waals surface area contributed by atoms with Crippen molar-refractivity contribution in [2.24, 2.45) is 0 Å². The lowest BCUT2D eigenvalue weighted by Crippen LogP contribution is -2.48. The normalized spacial score (nSPS) is 21.3. The van der Waals surface area contributed by atoms with E-state index < -0.39 is 23.6 Å². The molecule has 5 heterocycles. The third-order valence-electron chi connectivity index (χ3n) is 6.96. The van der Waals surface area contributed by atoms with Gasteiger partial charge in [-0.1, -0.05) is 18.2 Å². The SMILES string of the molecule is CC1(C)OCC(COc2cccc(NC(=O)N3c4nc(-c5cccc(C(F)(F)F)c5)ncc4N4CCC3C4)n2)O1. The average Bonchev–Trinajstić information content (AvgIpc) is 3.50. The smallest absolute Gasteiger partial charge is 0.416 e. The van der Waals surface area contributed by atoms with Crippen LogP contribution in [0.3, 0.4) is 0 Å². The lowest BCUT2D eigenvalue weighted by Gasteiger charge is -2.35. The van der Waals surface area contributed by atoms with Gasteiger partial charge < -0.3 is 19.1 Å². The van der Waals surface area contributed by atoms with E-state index in [1.54, 1.807) is 29.3 Å². The third kappa shape index (κ3) is 5.26. The van der Waals surface area contributed by atoms with Crippen molar-refractivity contribution in [3.8, 4) is 17.3 Å². The number of rotatable bonds is 5. The van der Waals surface area contributed by atoms with Gasteiger partial charge in [0.05, 0.1) is 30.1 Å². The molecule has 210 valence electrons. The second kappa shape index (κ2) is 9.89. The fourth-order valence-corrected chi connectivity index (χ4v) is 5.10. The minimum atomic E-state index is -4.50. The van der Waals surface area contributed by atoms with Crippen LogP contribution in [0, 0.1) is 0 Å². The fraction of sp³-hybridized carbons (Fsp3) is 0.407. The van der Waals surface area contributed by atoms with E-state index >= 15 is 0 Å². The van der Waals surface area contributed by atoms with E-state index in [0.717, 1.165) is 12.1 Å². The van der Waals surface area contributed by atoms with Gasteiger partial charge in [0, 0.05) is 24.7 Å². The monoisotopic (exact) mass is 556 g/mol. The first-order valence-electron chi connectivity index (χ1n) is 12.9. The molecule has 2 saturated heterocycles. The minimum Gasteiger partial charge on any atom is -0.475 e. The molecular weight excluding hydrogens is 529 g/mol. The van der Waals surface area contributed by atoms with E-state index in [9.17, 15) is 18.0 Å². The Morgan fingerprint density at radius 1 is 1.20 bits per heavy atom. The van der Waals surface area contributed by atoms with Crippen molar-refractivity contribution in [2.75, 3.05) is 41.4 Å². The number of benzene rings is 1. The molecule has 2 unspecified atom stereocenters. The quantitative estimate of drug-likeness (QED) is 0.482. The zero-order valence-electron chi connectivity index (χ0n) is 21.8. The highest BCUT2D eigenvalue weighted by atomic mass is 19.4. The van der Waals surface area contributed by atoms with Crippen molar-refractivity contribution < 1.29 is 32.2 Å². The molecule has 13 heteroatoms. The van der Waals surface area contributed by atoms with Gasteiger partial charge in [-0.15, -0.1) is 0 Å². The molecule has 10 nitrogen and oxygen atoms in total. The summed E-state index contributed by atoms with van der Waals surface area (Å²) in [6.07, 6.45) is -2.47. The Labute approximate surface area is 228 Å². The minimum absolute atomic E-state index is 0.0972. The standard InChI is InChI=1S/C27H27F3N6O4/c1-26(2)39-15-19(40-26)14-38-22-8-4-7-21(32-22)33-25(37)36-18-9-10-35(13-18)20-12-31-23(34-24(20)36)16-5-3-6-17(11-16)27(28,29)30/h3-8,11-12,18-19H,9-10,13-15H2,1-2H3,(H,32,33,37). The van der Waals surface area contributed by atoms with Crippen LogP contribution in [0.15, 0.2) is 48.7 Å². The molecule has 3 aromatic rings. The van der Waals surface area contributed by atoms with Crippen LogP contribution in [0.1, 0.15) is 25.8 Å². The van der Waals surface area contributed by atoms with Crippen LogP contribution in [0.2, 0.25) is 0 Å². The average molecular weight is 557 g/mol. The largest absolute Gasteiger partial charge is 0.475 e. The van der Waals surface area contributed by atoms with Crippen LogP contribution >= 0.6 is 0 Å². The Hall–Kier alpha value is -3.97. The third-order valence-corrected chi connectivity index (χ3v) is 6.96. The zero-order chi connectivity index (χ0) is 28.1. The Kier molecular flexibility index (Phi) is 6.50. The summed E-state index contributed by atoms with van der Waals surface area (Å²) in [5.74, 6) is 0.358. The summed E-state index contributed by atoms with van der Waals surface area (Å²) in [6.45, 7) is 5.61. The van der Waals surface area contributed by atoms with E-state index in [1.807, 2.05) is 13.8 Å². The van der Waals surface area contributed by atoms with E-state index in [1.165, 1.54) is 12.1 Å². The molecule has 40 heavy (non-hydrogen) atoms. The molecule has 2 aromatic heterocycles. The van der Waals surface area contributed by atoms with Crippen molar-refractivity contribution in [2.45, 2.75) is 44.4 Å². The van der Waals surface area contributed by atoms with Gasteiger partial charge in [0.2, 0.25) is 5.88 Å². The number of hydrogen-bond donors (Lipinski definition) is 1. The van der Waals surface area contributed by atoms with Crippen LogP contribution < -0.4 is 19.9 Å². The molecule has 2 atom stereocenters. The second-order valence-electron chi connectivity index (χ2n) is 10.3. The summed E-state index contributed by atoms with van der Waals surface area (Å²) in [6, 6.07) is 9.23. The topological polar surface area (TPSA) is 102 Å². The second-order valence-corrected chi connectivity index (χ2v) is 10.3. The number of carbonyl (C=O) groups excluding carboxylic acids is 1. The number of alkyl halides is 3. The number of anilines is 3. The highest BCUT2D eigenvalue weighted by Crippen LogP contribution is 2.40. The van der Waals surface area contributed by atoms with Gasteiger partial charge in [0.25, 0.3) is 0 Å². The molecule has 1 aromatic carbocycles. The Bertz CT molecular complexity index is 1440.